The summed E-state index contributed by atoms with van der Waals surface area (Å²) in [6, 6.07) is 6.71. The molecule has 0 atom stereocenters. The molecule has 0 aliphatic heterocycles. The minimum atomic E-state index is -0.474. The van der Waals surface area contributed by atoms with Gasteiger partial charge in [-0.25, -0.2) is 4.79 Å². The SMILES string of the molecule is COC(=O)c1ccccc1NC(=O)CCCCl. The summed E-state index contributed by atoms with van der Waals surface area (Å²) in [4.78, 5) is 22.9. The molecule has 1 amide bonds. The van der Waals surface area contributed by atoms with E-state index in [1.165, 1.54) is 7.11 Å². The van der Waals surface area contributed by atoms with Crippen molar-refractivity contribution in [3.63, 3.8) is 0 Å². The van der Waals surface area contributed by atoms with E-state index >= 15 is 0 Å². The number of para-hydroxylation sites is 1. The van der Waals surface area contributed by atoms with Crippen LogP contribution in [0.3, 0.4) is 0 Å². The topological polar surface area (TPSA) is 55.4 Å². The molecule has 92 valence electrons. The zero-order chi connectivity index (χ0) is 12.7. The van der Waals surface area contributed by atoms with E-state index in [9.17, 15) is 9.59 Å². The molecule has 1 aromatic carbocycles. The van der Waals surface area contributed by atoms with Crippen molar-refractivity contribution < 1.29 is 14.3 Å². The normalized spacial score (nSPS) is 9.76. The standard InChI is InChI=1S/C12H14ClNO3/c1-17-12(16)9-5-2-3-6-10(9)14-11(15)7-4-8-13/h2-3,5-6H,4,7-8H2,1H3,(H,14,15). The zero-order valence-corrected chi connectivity index (χ0v) is 10.3. The van der Waals surface area contributed by atoms with E-state index in [0.717, 1.165) is 0 Å². The Labute approximate surface area is 105 Å². The number of ether oxygens (including phenoxy) is 1. The van der Waals surface area contributed by atoms with Crippen LogP contribution in [-0.2, 0) is 9.53 Å². The number of hydrogen-bond acceptors (Lipinski definition) is 3. The minimum absolute atomic E-state index is 0.165. The molecule has 5 heteroatoms. The predicted molar refractivity (Wildman–Crippen MR) is 66.4 cm³/mol. The first-order valence-corrected chi connectivity index (χ1v) is 5.75. The van der Waals surface area contributed by atoms with Crippen molar-refractivity contribution >= 4 is 29.2 Å². The van der Waals surface area contributed by atoms with Gasteiger partial charge in [-0.3, -0.25) is 4.79 Å². The van der Waals surface area contributed by atoms with Crippen molar-refractivity contribution in [1.29, 1.82) is 0 Å². The van der Waals surface area contributed by atoms with Gasteiger partial charge in [0, 0.05) is 12.3 Å². The maximum absolute atomic E-state index is 11.5. The van der Waals surface area contributed by atoms with Gasteiger partial charge in [-0.1, -0.05) is 12.1 Å². The summed E-state index contributed by atoms with van der Waals surface area (Å²) in [5.41, 5.74) is 0.799. The Morgan fingerprint density at radius 2 is 2.06 bits per heavy atom. The molecule has 4 nitrogen and oxygen atoms in total. The van der Waals surface area contributed by atoms with Crippen LogP contribution in [0.1, 0.15) is 23.2 Å². The van der Waals surface area contributed by atoms with Crippen molar-refractivity contribution in [3.05, 3.63) is 29.8 Å². The van der Waals surface area contributed by atoms with Gasteiger partial charge in [-0.2, -0.15) is 0 Å². The van der Waals surface area contributed by atoms with Crippen LogP contribution in [0.4, 0.5) is 5.69 Å². The molecule has 0 aliphatic carbocycles. The second-order valence-corrected chi connectivity index (χ2v) is 3.76. The molecule has 1 aromatic rings. The fourth-order valence-corrected chi connectivity index (χ4v) is 1.45. The molecule has 0 saturated heterocycles. The van der Waals surface area contributed by atoms with Gasteiger partial charge in [0.1, 0.15) is 0 Å². The van der Waals surface area contributed by atoms with E-state index in [1.807, 2.05) is 0 Å². The highest BCUT2D eigenvalue weighted by Gasteiger charge is 2.12. The van der Waals surface area contributed by atoms with Crippen LogP contribution >= 0.6 is 11.6 Å². The first-order valence-electron chi connectivity index (χ1n) is 5.22. The summed E-state index contributed by atoms with van der Waals surface area (Å²) >= 11 is 5.50. The van der Waals surface area contributed by atoms with Crippen LogP contribution < -0.4 is 5.32 Å². The monoisotopic (exact) mass is 255 g/mol. The molecule has 1 N–H and O–H groups in total. The molecule has 0 unspecified atom stereocenters. The molecule has 0 aliphatic rings. The Kier molecular flexibility index (Phi) is 5.49. The fraction of sp³-hybridized carbons (Fsp3) is 0.333. The number of carbonyl (C=O) groups is 2. The van der Waals surface area contributed by atoms with Crippen molar-refractivity contribution in [2.24, 2.45) is 0 Å². The van der Waals surface area contributed by atoms with Crippen molar-refractivity contribution in [2.45, 2.75) is 12.8 Å². The third-order valence-electron chi connectivity index (χ3n) is 2.14. The Hall–Kier alpha value is -1.55. The van der Waals surface area contributed by atoms with Crippen molar-refractivity contribution in [2.75, 3.05) is 18.3 Å². The molecule has 0 spiro atoms. The van der Waals surface area contributed by atoms with Gasteiger partial charge < -0.3 is 10.1 Å². The largest absolute Gasteiger partial charge is 0.465 e. The highest BCUT2D eigenvalue weighted by molar-refractivity contribution is 6.18. The smallest absolute Gasteiger partial charge is 0.339 e. The number of methoxy groups -OCH3 is 1. The molecule has 0 bridgehead atoms. The number of rotatable bonds is 5. The van der Waals surface area contributed by atoms with Crippen molar-refractivity contribution in [3.8, 4) is 0 Å². The minimum Gasteiger partial charge on any atom is -0.465 e. The average Bonchev–Trinajstić information content (AvgIpc) is 2.36. The van der Waals surface area contributed by atoms with Crippen molar-refractivity contribution in [1.82, 2.24) is 0 Å². The number of carbonyl (C=O) groups excluding carboxylic acids is 2. The van der Waals surface area contributed by atoms with Gasteiger partial charge in [0.15, 0.2) is 0 Å². The number of amides is 1. The summed E-state index contributed by atoms with van der Waals surface area (Å²) < 4.78 is 4.63. The second-order valence-electron chi connectivity index (χ2n) is 3.38. The van der Waals surface area contributed by atoms with Crippen LogP contribution in [0.15, 0.2) is 24.3 Å². The molecular weight excluding hydrogens is 242 g/mol. The molecule has 0 heterocycles. The lowest BCUT2D eigenvalue weighted by molar-refractivity contribution is -0.116. The van der Waals surface area contributed by atoms with E-state index in [2.05, 4.69) is 10.1 Å². The lowest BCUT2D eigenvalue weighted by Gasteiger charge is -2.08. The summed E-state index contributed by atoms with van der Waals surface area (Å²) in [5, 5.41) is 2.66. The highest BCUT2D eigenvalue weighted by Crippen LogP contribution is 2.16. The van der Waals surface area contributed by atoms with Gasteiger partial charge in [0.25, 0.3) is 0 Å². The Bertz CT molecular complexity index is 406. The van der Waals surface area contributed by atoms with Gasteiger partial charge in [0.05, 0.1) is 18.4 Å². The van der Waals surface area contributed by atoms with Crippen LogP contribution in [0, 0.1) is 0 Å². The molecule has 0 aromatic heterocycles. The summed E-state index contributed by atoms with van der Waals surface area (Å²) in [7, 11) is 1.30. The number of anilines is 1. The van der Waals surface area contributed by atoms with Gasteiger partial charge in [-0.05, 0) is 18.6 Å². The predicted octanol–water partition coefficient (Wildman–Crippen LogP) is 2.43. The summed E-state index contributed by atoms with van der Waals surface area (Å²) in [6.07, 6.45) is 0.937. The number of benzene rings is 1. The first-order chi connectivity index (χ1) is 8.19. The Morgan fingerprint density at radius 1 is 1.35 bits per heavy atom. The molecule has 17 heavy (non-hydrogen) atoms. The lowest BCUT2D eigenvalue weighted by Crippen LogP contribution is -2.15. The maximum atomic E-state index is 11.5. The van der Waals surface area contributed by atoms with E-state index in [-0.39, 0.29) is 5.91 Å². The number of halogens is 1. The first kappa shape index (κ1) is 13.5. The van der Waals surface area contributed by atoms with E-state index < -0.39 is 5.97 Å². The molecule has 1 rings (SSSR count). The molecule has 0 fully saturated rings. The fourth-order valence-electron chi connectivity index (χ4n) is 1.32. The number of alkyl halides is 1. The quantitative estimate of drug-likeness (QED) is 0.649. The zero-order valence-electron chi connectivity index (χ0n) is 9.53. The highest BCUT2D eigenvalue weighted by atomic mass is 35.5. The third-order valence-corrected chi connectivity index (χ3v) is 2.41. The van der Waals surface area contributed by atoms with E-state index in [4.69, 9.17) is 11.6 Å². The van der Waals surface area contributed by atoms with E-state index in [1.54, 1.807) is 24.3 Å². The van der Waals surface area contributed by atoms with Crippen LogP contribution in [-0.4, -0.2) is 24.9 Å². The number of esters is 1. The Morgan fingerprint density at radius 3 is 2.71 bits per heavy atom. The van der Waals surface area contributed by atoms with Crippen LogP contribution in [0.25, 0.3) is 0 Å². The molecule has 0 radical (unpaired) electrons. The van der Waals surface area contributed by atoms with Crippen LogP contribution in [0.5, 0.6) is 0 Å². The average molecular weight is 256 g/mol. The summed E-state index contributed by atoms with van der Waals surface area (Å²) in [6.45, 7) is 0. The maximum Gasteiger partial charge on any atom is 0.339 e. The van der Waals surface area contributed by atoms with Gasteiger partial charge in [-0.15, -0.1) is 11.6 Å². The number of nitrogens with one attached hydrogen (secondary N) is 1. The number of hydrogen-bond donors (Lipinski definition) is 1. The van der Waals surface area contributed by atoms with Crippen LogP contribution in [0.2, 0.25) is 0 Å². The molecular formula is C12H14ClNO3. The second kappa shape index (κ2) is 6.91. The van der Waals surface area contributed by atoms with E-state index in [0.29, 0.717) is 30.0 Å². The van der Waals surface area contributed by atoms with Gasteiger partial charge in [0.2, 0.25) is 5.91 Å². The van der Waals surface area contributed by atoms with Gasteiger partial charge >= 0.3 is 5.97 Å². The summed E-state index contributed by atoms with van der Waals surface area (Å²) in [5.74, 6) is -0.202. The third kappa shape index (κ3) is 4.07. The Balaban J connectivity index is 2.76. The molecule has 0 saturated carbocycles. The lowest BCUT2D eigenvalue weighted by atomic mass is 10.1.